The first kappa shape index (κ1) is 17.5. The third kappa shape index (κ3) is 4.42. The number of nitrogens with zero attached hydrogens (tertiary/aromatic N) is 2. The molecule has 1 aromatic heterocycles. The molecule has 27 heavy (non-hydrogen) atoms. The second-order valence-electron chi connectivity index (χ2n) is 6.26. The van der Waals surface area contributed by atoms with E-state index in [1.165, 1.54) is 16.2 Å². The van der Waals surface area contributed by atoms with Gasteiger partial charge < -0.3 is 4.57 Å². The van der Waals surface area contributed by atoms with Crippen LogP contribution < -0.4 is 16.1 Å². The van der Waals surface area contributed by atoms with Gasteiger partial charge in [-0.25, -0.2) is 4.76 Å². The number of benzene rings is 3. The molecule has 0 spiro atoms. The van der Waals surface area contributed by atoms with Crippen LogP contribution in [-0.2, 0) is 6.54 Å². The van der Waals surface area contributed by atoms with Gasteiger partial charge in [0.25, 0.3) is 0 Å². The summed E-state index contributed by atoms with van der Waals surface area (Å²) in [4.78, 5) is 0. The Morgan fingerprint density at radius 3 is 1.70 bits per heavy atom. The van der Waals surface area contributed by atoms with Gasteiger partial charge in [-0.3, -0.25) is 0 Å². The number of hydrogen-bond acceptors (Lipinski definition) is 1. The Kier molecular flexibility index (Phi) is 5.57. The van der Waals surface area contributed by atoms with Gasteiger partial charge >= 0.3 is 0 Å². The van der Waals surface area contributed by atoms with Crippen LogP contribution in [-0.4, -0.2) is 4.57 Å². The van der Waals surface area contributed by atoms with Gasteiger partial charge in [-0.1, -0.05) is 97.1 Å². The smallest absolute Gasteiger partial charge is 0.132 e. The summed E-state index contributed by atoms with van der Waals surface area (Å²) in [5.74, 6) is 0. The molecule has 3 aromatic carbocycles. The van der Waals surface area contributed by atoms with E-state index in [0.29, 0.717) is 0 Å². The molecule has 4 aromatic rings. The average Bonchev–Trinajstić information content (AvgIpc) is 2.75. The van der Waals surface area contributed by atoms with Gasteiger partial charge in [0.2, 0.25) is 0 Å². The summed E-state index contributed by atoms with van der Waals surface area (Å²) in [6.45, 7) is 0.813. The summed E-state index contributed by atoms with van der Waals surface area (Å²) < 4.78 is 7.44. The minimum absolute atomic E-state index is 0.813. The molecule has 0 aliphatic rings. The van der Waals surface area contributed by atoms with Crippen molar-refractivity contribution in [3.63, 3.8) is 0 Å². The zero-order chi connectivity index (χ0) is 18.3. The van der Waals surface area contributed by atoms with Gasteiger partial charge in [0.1, 0.15) is 5.49 Å². The summed E-state index contributed by atoms with van der Waals surface area (Å²) in [5.41, 5.74) is 2.27. The van der Waals surface area contributed by atoms with Crippen molar-refractivity contribution in [2.45, 2.75) is 6.54 Å². The SMILES string of the molecule is c1ccc(Cn2cccc/c2=N\P(c2ccccc2)c2ccccc2)cc1. The summed E-state index contributed by atoms with van der Waals surface area (Å²) >= 11 is 0. The molecule has 0 atom stereocenters. The fraction of sp³-hybridized carbons (Fsp3) is 0.0417. The lowest BCUT2D eigenvalue weighted by Gasteiger charge is -2.15. The molecule has 132 valence electrons. The largest absolute Gasteiger partial charge is 0.329 e. The second-order valence-corrected chi connectivity index (χ2v) is 8.11. The molecule has 1 heterocycles. The van der Waals surface area contributed by atoms with Gasteiger partial charge in [-0.15, -0.1) is 0 Å². The maximum Gasteiger partial charge on any atom is 0.132 e. The quantitative estimate of drug-likeness (QED) is 0.462. The zero-order valence-electron chi connectivity index (χ0n) is 15.0. The van der Waals surface area contributed by atoms with Crippen molar-refractivity contribution in [1.82, 2.24) is 4.57 Å². The lowest BCUT2D eigenvalue weighted by molar-refractivity contribution is 0.748. The molecule has 0 fully saturated rings. The van der Waals surface area contributed by atoms with E-state index in [4.69, 9.17) is 4.76 Å². The third-order valence-corrected chi connectivity index (χ3v) is 6.30. The first-order valence-electron chi connectivity index (χ1n) is 9.04. The average molecular weight is 368 g/mol. The van der Waals surface area contributed by atoms with Crippen LogP contribution in [0.4, 0.5) is 0 Å². The highest BCUT2D eigenvalue weighted by Crippen LogP contribution is 2.34. The van der Waals surface area contributed by atoms with Crippen LogP contribution in [0, 0.1) is 0 Å². The van der Waals surface area contributed by atoms with Gasteiger partial charge in [0.05, 0.1) is 8.07 Å². The summed E-state index contributed by atoms with van der Waals surface area (Å²) in [6, 6.07) is 37.9. The maximum absolute atomic E-state index is 5.22. The maximum atomic E-state index is 5.22. The van der Waals surface area contributed by atoms with E-state index in [1.54, 1.807) is 0 Å². The third-order valence-electron chi connectivity index (χ3n) is 4.32. The van der Waals surface area contributed by atoms with E-state index in [-0.39, 0.29) is 0 Å². The molecule has 0 radical (unpaired) electrons. The summed E-state index contributed by atoms with van der Waals surface area (Å²) in [5, 5.41) is 2.52. The number of hydrogen-bond donors (Lipinski definition) is 0. The van der Waals surface area contributed by atoms with Crippen molar-refractivity contribution in [3.05, 3.63) is 126 Å². The van der Waals surface area contributed by atoms with Crippen LogP contribution in [0.15, 0.2) is 120 Å². The van der Waals surface area contributed by atoms with E-state index in [0.717, 1.165) is 12.0 Å². The molecule has 0 unspecified atom stereocenters. The number of rotatable bonds is 5. The first-order valence-corrected chi connectivity index (χ1v) is 10.3. The molecule has 0 saturated carbocycles. The number of aromatic nitrogens is 1. The summed E-state index contributed by atoms with van der Waals surface area (Å²) in [6.07, 6.45) is 2.11. The predicted molar refractivity (Wildman–Crippen MR) is 115 cm³/mol. The Labute approximate surface area is 161 Å². The van der Waals surface area contributed by atoms with Crippen molar-refractivity contribution in [2.75, 3.05) is 0 Å². The van der Waals surface area contributed by atoms with Crippen molar-refractivity contribution >= 4 is 18.7 Å². The zero-order valence-corrected chi connectivity index (χ0v) is 15.9. The molecular formula is C24H21N2P. The fourth-order valence-electron chi connectivity index (χ4n) is 2.98. The highest BCUT2D eigenvalue weighted by molar-refractivity contribution is 7.71. The van der Waals surface area contributed by atoms with Gasteiger partial charge in [-0.2, -0.15) is 0 Å². The van der Waals surface area contributed by atoms with Crippen molar-refractivity contribution in [2.24, 2.45) is 4.76 Å². The molecule has 0 amide bonds. The monoisotopic (exact) mass is 368 g/mol. The van der Waals surface area contributed by atoms with Crippen LogP contribution in [0.2, 0.25) is 0 Å². The minimum Gasteiger partial charge on any atom is -0.329 e. The van der Waals surface area contributed by atoms with E-state index in [9.17, 15) is 0 Å². The minimum atomic E-state index is -0.814. The van der Waals surface area contributed by atoms with Gasteiger partial charge in [-0.05, 0) is 17.7 Å². The molecule has 0 saturated heterocycles. The molecule has 2 nitrogen and oxygen atoms in total. The van der Waals surface area contributed by atoms with Crippen LogP contribution in [0.3, 0.4) is 0 Å². The molecule has 0 aliphatic carbocycles. The molecule has 0 aliphatic heterocycles. The Bertz CT molecular complexity index is 1000. The predicted octanol–water partition coefficient (Wildman–Crippen LogP) is 4.49. The molecular weight excluding hydrogens is 347 g/mol. The first-order chi connectivity index (χ1) is 13.4. The Hall–Kier alpha value is -2.96. The highest BCUT2D eigenvalue weighted by atomic mass is 31.1. The molecule has 0 N–H and O–H groups in total. The van der Waals surface area contributed by atoms with E-state index in [2.05, 4.69) is 120 Å². The van der Waals surface area contributed by atoms with Gasteiger partial charge in [0.15, 0.2) is 0 Å². The Morgan fingerprint density at radius 2 is 1.11 bits per heavy atom. The second kappa shape index (κ2) is 8.62. The molecule has 3 heteroatoms. The van der Waals surface area contributed by atoms with Crippen molar-refractivity contribution in [3.8, 4) is 0 Å². The molecule has 4 rings (SSSR count). The standard InChI is InChI=1S/C24H21N2P/c1-4-12-21(13-5-1)20-26-19-11-10-18-24(26)25-27(22-14-6-2-7-15-22)23-16-8-3-9-17-23/h1-19H,20H2/b25-24+. The van der Waals surface area contributed by atoms with Crippen molar-refractivity contribution in [1.29, 1.82) is 0 Å². The van der Waals surface area contributed by atoms with Crippen LogP contribution in [0.25, 0.3) is 0 Å². The van der Waals surface area contributed by atoms with E-state index < -0.39 is 8.07 Å². The lowest BCUT2D eigenvalue weighted by atomic mass is 10.2. The van der Waals surface area contributed by atoms with E-state index in [1.807, 2.05) is 0 Å². The van der Waals surface area contributed by atoms with Crippen LogP contribution in [0.1, 0.15) is 5.56 Å². The Morgan fingerprint density at radius 1 is 0.593 bits per heavy atom. The van der Waals surface area contributed by atoms with Crippen LogP contribution >= 0.6 is 8.07 Å². The fourth-order valence-corrected chi connectivity index (χ4v) is 4.80. The topological polar surface area (TPSA) is 17.3 Å². The lowest BCUT2D eigenvalue weighted by Crippen LogP contribution is -2.22. The molecule has 0 bridgehead atoms. The van der Waals surface area contributed by atoms with Crippen molar-refractivity contribution < 1.29 is 0 Å². The van der Waals surface area contributed by atoms with E-state index >= 15 is 0 Å². The number of pyridine rings is 1. The summed E-state index contributed by atoms with van der Waals surface area (Å²) in [7, 11) is -0.814. The highest BCUT2D eigenvalue weighted by Gasteiger charge is 2.12. The van der Waals surface area contributed by atoms with Gasteiger partial charge in [0, 0.05) is 23.4 Å². The normalized spacial score (nSPS) is 11.7. The Balaban J connectivity index is 1.80. The van der Waals surface area contributed by atoms with Crippen LogP contribution in [0.5, 0.6) is 0 Å².